The molecular formula is C12H17NO4S. The van der Waals surface area contributed by atoms with Gasteiger partial charge in [0.25, 0.3) is 16.0 Å². The minimum Gasteiger partial charge on any atom is -0.351 e. The molecule has 0 fully saturated rings. The summed E-state index contributed by atoms with van der Waals surface area (Å²) in [7, 11) is -4.04. The van der Waals surface area contributed by atoms with E-state index in [-0.39, 0.29) is 12.5 Å². The molecule has 6 heteroatoms. The average molecular weight is 271 g/mol. The van der Waals surface area contributed by atoms with Gasteiger partial charge in [-0.2, -0.15) is 8.42 Å². The van der Waals surface area contributed by atoms with Crippen LogP contribution in [0.5, 0.6) is 0 Å². The molecular weight excluding hydrogens is 254 g/mol. The van der Waals surface area contributed by atoms with E-state index >= 15 is 0 Å². The van der Waals surface area contributed by atoms with Crippen molar-refractivity contribution in [3.8, 4) is 0 Å². The van der Waals surface area contributed by atoms with Crippen molar-refractivity contribution in [1.82, 2.24) is 5.32 Å². The molecule has 0 bridgehead atoms. The van der Waals surface area contributed by atoms with Gasteiger partial charge in [0.1, 0.15) is 0 Å². The fourth-order valence-corrected chi connectivity index (χ4v) is 1.79. The van der Waals surface area contributed by atoms with Crippen LogP contribution in [0.1, 0.15) is 35.7 Å². The van der Waals surface area contributed by atoms with Crippen LogP contribution in [0, 0.1) is 0 Å². The van der Waals surface area contributed by atoms with E-state index in [2.05, 4.69) is 5.32 Å². The second-order valence-electron chi connectivity index (χ2n) is 4.32. The summed E-state index contributed by atoms with van der Waals surface area (Å²) in [6.45, 7) is 3.94. The van der Waals surface area contributed by atoms with Crippen LogP contribution in [0.3, 0.4) is 0 Å². The Hall–Kier alpha value is -1.40. The molecule has 100 valence electrons. The number of hydrogen-bond donors (Lipinski definition) is 2. The maximum Gasteiger partial charge on any atom is 0.266 e. The molecule has 1 aromatic carbocycles. The van der Waals surface area contributed by atoms with E-state index in [1.54, 1.807) is 18.2 Å². The third kappa shape index (κ3) is 4.85. The Morgan fingerprint density at radius 2 is 2.06 bits per heavy atom. The first kappa shape index (κ1) is 14.7. The van der Waals surface area contributed by atoms with Gasteiger partial charge in [0.05, 0.1) is 5.75 Å². The first-order valence-electron chi connectivity index (χ1n) is 5.63. The van der Waals surface area contributed by atoms with Crippen LogP contribution in [0.2, 0.25) is 0 Å². The molecule has 1 aromatic rings. The standard InChI is InChI=1S/C12H17NO4S/c1-9(2)10-4-3-5-11(8-10)12(14)13-6-7-18(15,16)17/h3-5,8-9H,6-7H2,1-2H3,(H,13,14)(H,15,16,17). The van der Waals surface area contributed by atoms with Crippen LogP contribution < -0.4 is 5.32 Å². The molecule has 0 saturated heterocycles. The molecule has 5 nitrogen and oxygen atoms in total. The molecule has 0 radical (unpaired) electrons. The van der Waals surface area contributed by atoms with Crippen LogP contribution >= 0.6 is 0 Å². The largest absolute Gasteiger partial charge is 0.351 e. The lowest BCUT2D eigenvalue weighted by molar-refractivity contribution is 0.0956. The van der Waals surface area contributed by atoms with Crippen LogP contribution in [0.25, 0.3) is 0 Å². The highest BCUT2D eigenvalue weighted by Crippen LogP contribution is 2.15. The molecule has 2 N–H and O–H groups in total. The number of hydrogen-bond acceptors (Lipinski definition) is 3. The highest BCUT2D eigenvalue weighted by molar-refractivity contribution is 7.85. The number of nitrogens with one attached hydrogen (secondary N) is 1. The molecule has 0 aliphatic rings. The lowest BCUT2D eigenvalue weighted by atomic mass is 10.0. The van der Waals surface area contributed by atoms with E-state index in [0.29, 0.717) is 11.5 Å². The van der Waals surface area contributed by atoms with Gasteiger partial charge in [-0.1, -0.05) is 26.0 Å². The Bertz CT molecular complexity index is 523. The molecule has 1 rings (SSSR count). The zero-order valence-corrected chi connectivity index (χ0v) is 11.2. The zero-order chi connectivity index (χ0) is 13.8. The molecule has 0 spiro atoms. The number of benzene rings is 1. The third-order valence-electron chi connectivity index (χ3n) is 2.46. The van der Waals surface area contributed by atoms with Gasteiger partial charge in [0.2, 0.25) is 0 Å². The normalized spacial score (nSPS) is 11.6. The van der Waals surface area contributed by atoms with Crippen molar-refractivity contribution < 1.29 is 17.8 Å². The first-order chi connectivity index (χ1) is 8.29. The minimum absolute atomic E-state index is 0.108. The smallest absolute Gasteiger partial charge is 0.266 e. The minimum atomic E-state index is -4.04. The molecule has 0 saturated carbocycles. The van der Waals surface area contributed by atoms with Crippen molar-refractivity contribution in [2.45, 2.75) is 19.8 Å². The van der Waals surface area contributed by atoms with Crippen LogP contribution in [0.15, 0.2) is 24.3 Å². The van der Waals surface area contributed by atoms with Crippen molar-refractivity contribution in [1.29, 1.82) is 0 Å². The summed E-state index contributed by atoms with van der Waals surface area (Å²) in [5, 5.41) is 2.44. The van der Waals surface area contributed by atoms with Crippen molar-refractivity contribution in [2.75, 3.05) is 12.3 Å². The second-order valence-corrected chi connectivity index (χ2v) is 5.89. The summed E-state index contributed by atoms with van der Waals surface area (Å²) in [5.74, 6) is -0.514. The van der Waals surface area contributed by atoms with Gasteiger partial charge in [-0.15, -0.1) is 0 Å². The number of rotatable bonds is 5. The summed E-state index contributed by atoms with van der Waals surface area (Å²) in [5.41, 5.74) is 1.52. The zero-order valence-electron chi connectivity index (χ0n) is 10.4. The van der Waals surface area contributed by atoms with E-state index in [0.717, 1.165) is 5.56 Å². The van der Waals surface area contributed by atoms with Gasteiger partial charge in [-0.05, 0) is 23.6 Å². The Morgan fingerprint density at radius 3 is 2.61 bits per heavy atom. The van der Waals surface area contributed by atoms with Crippen molar-refractivity contribution in [3.63, 3.8) is 0 Å². The van der Waals surface area contributed by atoms with E-state index in [4.69, 9.17) is 4.55 Å². The Labute approximate surface area is 107 Å². The lowest BCUT2D eigenvalue weighted by Gasteiger charge is -2.08. The molecule has 18 heavy (non-hydrogen) atoms. The summed E-state index contributed by atoms with van der Waals surface area (Å²) in [6.07, 6.45) is 0. The fraction of sp³-hybridized carbons (Fsp3) is 0.417. The maximum atomic E-state index is 11.7. The molecule has 0 unspecified atom stereocenters. The Kier molecular flexibility index (Phi) is 4.86. The van der Waals surface area contributed by atoms with Crippen molar-refractivity contribution >= 4 is 16.0 Å². The van der Waals surface area contributed by atoms with E-state index in [9.17, 15) is 13.2 Å². The van der Waals surface area contributed by atoms with Crippen molar-refractivity contribution in [2.24, 2.45) is 0 Å². The van der Waals surface area contributed by atoms with Gasteiger partial charge in [0.15, 0.2) is 0 Å². The fourth-order valence-electron chi connectivity index (χ4n) is 1.43. The van der Waals surface area contributed by atoms with Crippen LogP contribution in [-0.2, 0) is 10.1 Å². The summed E-state index contributed by atoms with van der Waals surface area (Å²) in [4.78, 5) is 11.7. The molecule has 0 aromatic heterocycles. The summed E-state index contributed by atoms with van der Waals surface area (Å²) < 4.78 is 29.5. The number of amides is 1. The molecule has 0 aliphatic heterocycles. The molecule has 0 atom stereocenters. The number of carbonyl (C=O) groups excluding carboxylic acids is 1. The van der Waals surface area contributed by atoms with Crippen molar-refractivity contribution in [3.05, 3.63) is 35.4 Å². The van der Waals surface area contributed by atoms with Gasteiger partial charge >= 0.3 is 0 Å². The van der Waals surface area contributed by atoms with Gasteiger partial charge in [-0.25, -0.2) is 0 Å². The summed E-state index contributed by atoms with van der Waals surface area (Å²) >= 11 is 0. The summed E-state index contributed by atoms with van der Waals surface area (Å²) in [6, 6.07) is 7.15. The second kappa shape index (κ2) is 5.97. The quantitative estimate of drug-likeness (QED) is 0.793. The predicted octanol–water partition coefficient (Wildman–Crippen LogP) is 1.43. The van der Waals surface area contributed by atoms with Crippen LogP contribution in [0.4, 0.5) is 0 Å². The number of carbonyl (C=O) groups is 1. The van der Waals surface area contributed by atoms with E-state index in [1.165, 1.54) is 0 Å². The van der Waals surface area contributed by atoms with Gasteiger partial charge in [-0.3, -0.25) is 9.35 Å². The van der Waals surface area contributed by atoms with E-state index < -0.39 is 15.9 Å². The predicted molar refractivity (Wildman–Crippen MR) is 69.3 cm³/mol. The Balaban J connectivity index is 2.64. The molecule has 1 amide bonds. The highest BCUT2D eigenvalue weighted by atomic mass is 32.2. The first-order valence-corrected chi connectivity index (χ1v) is 7.24. The topological polar surface area (TPSA) is 83.5 Å². The average Bonchev–Trinajstić information content (AvgIpc) is 2.27. The Morgan fingerprint density at radius 1 is 1.39 bits per heavy atom. The molecule has 0 aliphatic carbocycles. The third-order valence-corrected chi connectivity index (χ3v) is 3.18. The SMILES string of the molecule is CC(C)c1cccc(C(=O)NCCS(=O)(=O)O)c1. The maximum absolute atomic E-state index is 11.7. The van der Waals surface area contributed by atoms with Crippen LogP contribution in [-0.4, -0.2) is 31.2 Å². The molecule has 0 heterocycles. The highest BCUT2D eigenvalue weighted by Gasteiger charge is 2.09. The van der Waals surface area contributed by atoms with Gasteiger partial charge < -0.3 is 5.32 Å². The lowest BCUT2D eigenvalue weighted by Crippen LogP contribution is -2.28. The van der Waals surface area contributed by atoms with E-state index in [1.807, 2.05) is 19.9 Å². The monoisotopic (exact) mass is 271 g/mol. The van der Waals surface area contributed by atoms with Gasteiger partial charge in [0, 0.05) is 12.1 Å².